The molecule has 0 bridgehead atoms. The van der Waals surface area contributed by atoms with Crippen LogP contribution in [0.2, 0.25) is 0 Å². The molecule has 0 amide bonds. The summed E-state index contributed by atoms with van der Waals surface area (Å²) in [6.45, 7) is 16.1. The zero-order chi connectivity index (χ0) is 32.9. The van der Waals surface area contributed by atoms with E-state index in [1.54, 1.807) is 22.3 Å². The van der Waals surface area contributed by atoms with Gasteiger partial charge in [0, 0.05) is 12.5 Å². The minimum absolute atomic E-state index is 0.960. The molecule has 252 valence electrons. The van der Waals surface area contributed by atoms with Crippen molar-refractivity contribution in [1.82, 2.24) is 0 Å². The maximum Gasteiger partial charge on any atom is 0.208 e. The molecule has 0 unspecified atom stereocenters. The van der Waals surface area contributed by atoms with Gasteiger partial charge in [-0.05, 0) is 121 Å². The zero-order valence-corrected chi connectivity index (χ0v) is 31.1. The second-order valence-corrected chi connectivity index (χ2v) is 13.7. The molecule has 0 aliphatic heterocycles. The highest BCUT2D eigenvalue weighted by Gasteiger charge is 2.15. The van der Waals surface area contributed by atoms with E-state index in [2.05, 4.69) is 90.6 Å². The van der Waals surface area contributed by atoms with Crippen LogP contribution in [0, 0.1) is 13.8 Å². The Hall–Kier alpha value is -2.22. The molecular weight excluding hydrogens is 544 g/mol. The van der Waals surface area contributed by atoms with E-state index in [9.17, 15) is 0 Å². The Kier molecular flexibility index (Phi) is 20.0. The van der Waals surface area contributed by atoms with Gasteiger partial charge >= 0.3 is 0 Å². The third-order valence-corrected chi connectivity index (χ3v) is 9.67. The van der Waals surface area contributed by atoms with E-state index < -0.39 is 0 Å². The number of azo groups is 2. The lowest BCUT2D eigenvalue weighted by Crippen LogP contribution is -2.04. The Morgan fingerprint density at radius 2 is 1.02 bits per heavy atom. The number of unbranched alkanes of at least 4 members (excludes halogenated alkanes) is 12. The molecule has 0 heterocycles. The average Bonchev–Trinajstić information content (AvgIpc) is 3.02. The standard InChI is InChI=1S/C43H71N2/c1-9-14-18-21-22-24-27-39-34-40(31-36(7)43(39)29-25-20-16-11-3)44-45(8)41(13-5)33-37-30-35(6)42(28-17-12-4)38(32-37)26-23-19-15-10-2/h30-34H,9-29H2,1-8H3/q+1. The van der Waals surface area contributed by atoms with Crippen molar-refractivity contribution in [2.24, 2.45) is 5.11 Å². The summed E-state index contributed by atoms with van der Waals surface area (Å²) in [5, 5.41) is 5.21. The molecule has 0 spiro atoms. The van der Waals surface area contributed by atoms with Gasteiger partial charge in [-0.3, -0.25) is 0 Å². The normalized spacial score (nSPS) is 12.4. The van der Waals surface area contributed by atoms with E-state index in [0.717, 1.165) is 12.1 Å². The van der Waals surface area contributed by atoms with E-state index in [1.165, 1.54) is 151 Å². The molecule has 0 radical (unpaired) electrons. The minimum Gasteiger partial charge on any atom is -0.0906 e. The van der Waals surface area contributed by atoms with E-state index in [1.807, 2.05) is 0 Å². The van der Waals surface area contributed by atoms with Crippen molar-refractivity contribution in [3.63, 3.8) is 0 Å². The van der Waals surface area contributed by atoms with E-state index >= 15 is 0 Å². The van der Waals surface area contributed by atoms with E-state index in [0.29, 0.717) is 0 Å². The molecular formula is C43H71N2+. The van der Waals surface area contributed by atoms with Gasteiger partial charge in [-0.2, -0.15) is 0 Å². The minimum atomic E-state index is 0.960. The van der Waals surface area contributed by atoms with Gasteiger partial charge in [-0.1, -0.05) is 128 Å². The lowest BCUT2D eigenvalue weighted by molar-refractivity contribution is -0.512. The number of nitrogens with zero attached hydrogens (tertiary/aromatic N) is 2. The fourth-order valence-electron chi connectivity index (χ4n) is 6.87. The van der Waals surface area contributed by atoms with Crippen LogP contribution >= 0.6 is 0 Å². The first kappa shape index (κ1) is 39.0. The van der Waals surface area contributed by atoms with Gasteiger partial charge < -0.3 is 0 Å². The van der Waals surface area contributed by atoms with Gasteiger partial charge in [-0.15, -0.1) is 0 Å². The monoisotopic (exact) mass is 616 g/mol. The molecule has 0 atom stereocenters. The topological polar surface area (TPSA) is 15.4 Å². The van der Waals surface area contributed by atoms with Gasteiger partial charge in [0.15, 0.2) is 7.05 Å². The smallest absolute Gasteiger partial charge is 0.0906 e. The summed E-state index contributed by atoms with van der Waals surface area (Å²) < 4.78 is 2.14. The van der Waals surface area contributed by atoms with Gasteiger partial charge in [0.25, 0.3) is 0 Å². The predicted octanol–water partition coefficient (Wildman–Crippen LogP) is 14.0. The number of aryl methyl sites for hydroxylation is 4. The number of benzene rings is 2. The van der Waals surface area contributed by atoms with Crippen LogP contribution in [0.25, 0.3) is 6.08 Å². The highest BCUT2D eigenvalue weighted by Crippen LogP contribution is 2.28. The van der Waals surface area contributed by atoms with Crippen molar-refractivity contribution in [3.05, 3.63) is 68.9 Å². The van der Waals surface area contributed by atoms with Gasteiger partial charge in [-0.25, -0.2) is 0 Å². The largest absolute Gasteiger partial charge is 0.208 e. The van der Waals surface area contributed by atoms with E-state index in [-0.39, 0.29) is 0 Å². The van der Waals surface area contributed by atoms with Gasteiger partial charge in [0.1, 0.15) is 5.69 Å². The van der Waals surface area contributed by atoms with Gasteiger partial charge in [0.2, 0.25) is 5.70 Å². The lowest BCUT2D eigenvalue weighted by Gasteiger charge is -2.15. The highest BCUT2D eigenvalue weighted by molar-refractivity contribution is 5.56. The molecule has 0 saturated carbocycles. The van der Waals surface area contributed by atoms with Crippen molar-refractivity contribution >= 4 is 11.8 Å². The number of rotatable bonds is 24. The Balaban J connectivity index is 2.36. The van der Waals surface area contributed by atoms with Crippen molar-refractivity contribution < 1.29 is 4.70 Å². The summed E-state index contributed by atoms with van der Waals surface area (Å²) in [6.07, 6.45) is 29.3. The molecule has 2 nitrogen and oxygen atoms in total. The first-order chi connectivity index (χ1) is 21.9. The van der Waals surface area contributed by atoms with Crippen molar-refractivity contribution in [1.29, 1.82) is 0 Å². The van der Waals surface area contributed by atoms with Crippen LogP contribution in [0.5, 0.6) is 0 Å². The second-order valence-electron chi connectivity index (χ2n) is 13.7. The van der Waals surface area contributed by atoms with Crippen LogP contribution in [-0.4, -0.2) is 11.7 Å². The first-order valence-corrected chi connectivity index (χ1v) is 19.3. The average molecular weight is 616 g/mol. The summed E-state index contributed by atoms with van der Waals surface area (Å²) in [6, 6.07) is 9.66. The molecule has 0 aromatic heterocycles. The molecule has 2 rings (SSSR count). The Bertz CT molecular complexity index is 1170. The summed E-state index contributed by atoms with van der Waals surface area (Å²) in [7, 11) is 2.14. The zero-order valence-electron chi connectivity index (χ0n) is 31.1. The van der Waals surface area contributed by atoms with Crippen molar-refractivity contribution in [2.45, 2.75) is 183 Å². The quantitative estimate of drug-likeness (QED) is 0.0634. The van der Waals surface area contributed by atoms with Gasteiger partial charge in [0.05, 0.1) is 0 Å². The molecule has 2 heteroatoms. The highest BCUT2D eigenvalue weighted by atomic mass is 15.3. The third kappa shape index (κ3) is 14.4. The van der Waals surface area contributed by atoms with Crippen LogP contribution in [0.1, 0.15) is 183 Å². The van der Waals surface area contributed by atoms with Crippen LogP contribution in [0.15, 0.2) is 35.1 Å². The van der Waals surface area contributed by atoms with Crippen molar-refractivity contribution in [3.8, 4) is 0 Å². The Morgan fingerprint density at radius 1 is 0.556 bits per heavy atom. The molecule has 2 aromatic rings. The lowest BCUT2D eigenvalue weighted by atomic mass is 9.91. The van der Waals surface area contributed by atoms with Crippen molar-refractivity contribution in [2.75, 3.05) is 7.05 Å². The molecule has 0 N–H and O–H groups in total. The van der Waals surface area contributed by atoms with Crippen LogP contribution in [0.3, 0.4) is 0 Å². The summed E-state index contributed by atoms with van der Waals surface area (Å²) in [5.41, 5.74) is 12.9. The Labute approximate surface area is 280 Å². The maximum atomic E-state index is 5.21. The number of allylic oxidation sites excluding steroid dienone is 1. The first-order valence-electron chi connectivity index (χ1n) is 19.3. The van der Waals surface area contributed by atoms with Crippen LogP contribution in [-0.2, 0) is 25.7 Å². The summed E-state index contributed by atoms with van der Waals surface area (Å²) >= 11 is 0. The molecule has 0 aliphatic rings. The molecule has 45 heavy (non-hydrogen) atoms. The fourth-order valence-corrected chi connectivity index (χ4v) is 6.87. The number of hydrogen-bond acceptors (Lipinski definition) is 1. The predicted molar refractivity (Wildman–Crippen MR) is 200 cm³/mol. The number of hydrogen-bond donors (Lipinski definition) is 0. The fraction of sp³-hybridized carbons (Fsp3) is 0.674. The molecule has 0 aliphatic carbocycles. The van der Waals surface area contributed by atoms with Crippen LogP contribution in [0.4, 0.5) is 5.69 Å². The van der Waals surface area contributed by atoms with Crippen LogP contribution < -0.4 is 0 Å². The SMILES string of the molecule is CCCCCCCCc1cc(N=[N+](C)C(=Cc2cc(C)c(CCCC)c(CCCCCC)c2)CC)cc(C)c1CCCCCC. The summed E-state index contributed by atoms with van der Waals surface area (Å²) in [4.78, 5) is 0. The molecule has 0 saturated heterocycles. The molecule has 0 fully saturated rings. The maximum absolute atomic E-state index is 5.21. The van der Waals surface area contributed by atoms with E-state index in [4.69, 9.17) is 5.11 Å². The second kappa shape index (κ2) is 23.2. The Morgan fingerprint density at radius 3 is 1.60 bits per heavy atom. The molecule has 2 aromatic carbocycles. The summed E-state index contributed by atoms with van der Waals surface area (Å²) in [5.74, 6) is 0. The third-order valence-electron chi connectivity index (χ3n) is 9.67.